The number of amides is 1. The van der Waals surface area contributed by atoms with E-state index in [0.717, 1.165) is 11.1 Å². The van der Waals surface area contributed by atoms with E-state index in [-0.39, 0.29) is 24.5 Å². The molecule has 1 aliphatic heterocycles. The zero-order chi connectivity index (χ0) is 24.1. The highest BCUT2D eigenvalue weighted by Gasteiger charge is 2.37. The first-order valence-corrected chi connectivity index (χ1v) is 13.2. The van der Waals surface area contributed by atoms with Crippen molar-refractivity contribution in [3.05, 3.63) is 102 Å². The van der Waals surface area contributed by atoms with Crippen LogP contribution in [-0.2, 0) is 10.0 Å². The third kappa shape index (κ3) is 5.52. The Morgan fingerprint density at radius 2 is 1.62 bits per heavy atom. The van der Waals surface area contributed by atoms with E-state index in [1.807, 2.05) is 36.4 Å². The highest BCUT2D eigenvalue weighted by molar-refractivity contribution is 7.88. The van der Waals surface area contributed by atoms with Crippen LogP contribution in [0.5, 0.6) is 0 Å². The van der Waals surface area contributed by atoms with Gasteiger partial charge in [0.15, 0.2) is 0 Å². The number of carbonyl (C=O) groups is 1. The number of benzene rings is 2. The van der Waals surface area contributed by atoms with E-state index in [2.05, 4.69) is 34.1 Å². The average Bonchev–Trinajstić information content (AvgIpc) is 2.86. The molecule has 7 nitrogen and oxygen atoms in total. The van der Waals surface area contributed by atoms with Gasteiger partial charge in [0, 0.05) is 51.7 Å². The first-order valence-electron chi connectivity index (χ1n) is 11.3. The average molecular weight is 479 g/mol. The van der Waals surface area contributed by atoms with Gasteiger partial charge in [-0.3, -0.25) is 14.7 Å². The van der Waals surface area contributed by atoms with Gasteiger partial charge < -0.3 is 4.90 Å². The molecular weight excluding hydrogens is 448 g/mol. The Labute approximate surface area is 201 Å². The third-order valence-electron chi connectivity index (χ3n) is 6.32. The maximum atomic E-state index is 13.2. The van der Waals surface area contributed by atoms with Crippen molar-refractivity contribution in [2.45, 2.75) is 12.1 Å². The summed E-state index contributed by atoms with van der Waals surface area (Å²) in [7, 11) is -1.78. The van der Waals surface area contributed by atoms with E-state index in [4.69, 9.17) is 0 Å². The molecule has 4 rings (SSSR count). The fourth-order valence-corrected chi connectivity index (χ4v) is 4.95. The first kappa shape index (κ1) is 24.1. The molecule has 2 heterocycles. The number of piperazine rings is 1. The summed E-state index contributed by atoms with van der Waals surface area (Å²) >= 11 is 0. The molecular formula is C26H30N4O3S. The van der Waals surface area contributed by atoms with Crippen LogP contribution < -0.4 is 0 Å². The van der Waals surface area contributed by atoms with Gasteiger partial charge in [-0.15, -0.1) is 0 Å². The predicted octanol–water partition coefficient (Wildman–Crippen LogP) is 2.89. The summed E-state index contributed by atoms with van der Waals surface area (Å²) in [5, 5.41) is 0. The summed E-state index contributed by atoms with van der Waals surface area (Å²) in [6, 6.07) is 23.7. The van der Waals surface area contributed by atoms with Crippen LogP contribution in [-0.4, -0.2) is 78.9 Å². The van der Waals surface area contributed by atoms with Crippen LogP contribution in [0.15, 0.2) is 85.2 Å². The van der Waals surface area contributed by atoms with Gasteiger partial charge in [-0.25, -0.2) is 12.7 Å². The van der Waals surface area contributed by atoms with E-state index in [1.54, 1.807) is 36.5 Å². The largest absolute Gasteiger partial charge is 0.336 e. The monoisotopic (exact) mass is 478 g/mol. The molecule has 0 saturated carbocycles. The van der Waals surface area contributed by atoms with Crippen LogP contribution >= 0.6 is 0 Å². The number of hydrogen-bond donors (Lipinski definition) is 0. The number of carbonyl (C=O) groups excluding carboxylic acids is 1. The smallest absolute Gasteiger partial charge is 0.255 e. The summed E-state index contributed by atoms with van der Waals surface area (Å²) in [6.07, 6.45) is 4.43. The molecule has 1 unspecified atom stereocenters. The van der Waals surface area contributed by atoms with Crippen LogP contribution in [0, 0.1) is 0 Å². The van der Waals surface area contributed by atoms with Crippen molar-refractivity contribution in [3.8, 4) is 0 Å². The third-order valence-corrected chi connectivity index (χ3v) is 7.60. The van der Waals surface area contributed by atoms with Crippen molar-refractivity contribution >= 4 is 15.9 Å². The van der Waals surface area contributed by atoms with Crippen molar-refractivity contribution in [2.75, 3.05) is 39.5 Å². The molecule has 2 aromatic carbocycles. The standard InChI is InChI=1S/C26H30N4O3S/c1-28(34(2,32)33)19-24-20-29(26(31)23-14-9-15-27-18-23)16-17-30(24)25(21-10-5-3-6-11-21)22-12-7-4-8-13-22/h3-15,18,24-25H,16-17,19-20H2,1-2H3. The molecule has 178 valence electrons. The van der Waals surface area contributed by atoms with Crippen molar-refractivity contribution in [3.63, 3.8) is 0 Å². The Hall–Kier alpha value is -3.07. The lowest BCUT2D eigenvalue weighted by molar-refractivity contribution is 0.0347. The normalized spacial score (nSPS) is 17.3. The summed E-state index contributed by atoms with van der Waals surface area (Å²) in [6.45, 7) is 1.86. The summed E-state index contributed by atoms with van der Waals surface area (Å²) in [4.78, 5) is 21.4. The van der Waals surface area contributed by atoms with Gasteiger partial charge in [0.1, 0.15) is 0 Å². The van der Waals surface area contributed by atoms with Crippen LogP contribution in [0.4, 0.5) is 0 Å². The lowest BCUT2D eigenvalue weighted by atomic mass is 9.94. The van der Waals surface area contributed by atoms with Crippen molar-refractivity contribution < 1.29 is 13.2 Å². The van der Waals surface area contributed by atoms with Gasteiger partial charge in [0.2, 0.25) is 10.0 Å². The first-order chi connectivity index (χ1) is 16.3. The molecule has 1 atom stereocenters. The Bertz CT molecular complexity index is 1150. The molecule has 8 heteroatoms. The molecule has 0 aliphatic carbocycles. The van der Waals surface area contributed by atoms with Gasteiger partial charge in [0.05, 0.1) is 17.9 Å². The number of likely N-dealkylation sites (N-methyl/N-ethyl adjacent to an activating group) is 1. The molecule has 34 heavy (non-hydrogen) atoms. The Balaban J connectivity index is 1.69. The second-order valence-corrected chi connectivity index (χ2v) is 10.7. The Morgan fingerprint density at radius 3 is 2.15 bits per heavy atom. The topological polar surface area (TPSA) is 73.8 Å². The summed E-state index contributed by atoms with van der Waals surface area (Å²) < 4.78 is 25.9. The van der Waals surface area contributed by atoms with Crippen LogP contribution in [0.2, 0.25) is 0 Å². The van der Waals surface area contributed by atoms with Crippen LogP contribution in [0.1, 0.15) is 27.5 Å². The lowest BCUT2D eigenvalue weighted by Gasteiger charge is -2.46. The van der Waals surface area contributed by atoms with Gasteiger partial charge in [-0.05, 0) is 23.3 Å². The molecule has 0 radical (unpaired) electrons. The highest BCUT2D eigenvalue weighted by atomic mass is 32.2. The second-order valence-electron chi connectivity index (χ2n) is 8.65. The van der Waals surface area contributed by atoms with Gasteiger partial charge in [0.25, 0.3) is 5.91 Å². The molecule has 1 amide bonds. The zero-order valence-corrected chi connectivity index (χ0v) is 20.3. The molecule has 0 spiro atoms. The lowest BCUT2D eigenvalue weighted by Crippen LogP contribution is -2.59. The molecule has 3 aromatic rings. The fraction of sp³-hybridized carbons (Fsp3) is 0.308. The second kappa shape index (κ2) is 10.5. The van der Waals surface area contributed by atoms with Crippen molar-refractivity contribution in [1.82, 2.24) is 19.1 Å². The minimum absolute atomic E-state index is 0.0593. The summed E-state index contributed by atoms with van der Waals surface area (Å²) in [5.41, 5.74) is 2.80. The minimum Gasteiger partial charge on any atom is -0.336 e. The van der Waals surface area contributed by atoms with E-state index in [0.29, 0.717) is 25.2 Å². The number of hydrogen-bond acceptors (Lipinski definition) is 5. The zero-order valence-electron chi connectivity index (χ0n) is 19.5. The molecule has 1 aliphatic rings. The Kier molecular flexibility index (Phi) is 7.41. The van der Waals surface area contributed by atoms with Gasteiger partial charge >= 0.3 is 0 Å². The molecule has 0 N–H and O–H groups in total. The maximum Gasteiger partial charge on any atom is 0.255 e. The van der Waals surface area contributed by atoms with Crippen molar-refractivity contribution in [2.24, 2.45) is 0 Å². The van der Waals surface area contributed by atoms with Crippen LogP contribution in [0.3, 0.4) is 0 Å². The molecule has 1 aromatic heterocycles. The van der Waals surface area contributed by atoms with Gasteiger partial charge in [-0.1, -0.05) is 60.7 Å². The minimum atomic E-state index is -3.38. The SMILES string of the molecule is CN(CC1CN(C(=O)c2cccnc2)CCN1C(c1ccccc1)c1ccccc1)S(C)(=O)=O. The highest BCUT2D eigenvalue weighted by Crippen LogP contribution is 2.32. The van der Waals surface area contributed by atoms with E-state index < -0.39 is 10.0 Å². The number of aromatic nitrogens is 1. The maximum absolute atomic E-state index is 13.2. The number of rotatable bonds is 7. The Morgan fingerprint density at radius 1 is 1.00 bits per heavy atom. The molecule has 1 saturated heterocycles. The quantitative estimate of drug-likeness (QED) is 0.522. The van der Waals surface area contributed by atoms with E-state index in [9.17, 15) is 13.2 Å². The van der Waals surface area contributed by atoms with E-state index in [1.165, 1.54) is 10.6 Å². The van der Waals surface area contributed by atoms with E-state index >= 15 is 0 Å². The fourth-order valence-electron chi connectivity index (χ4n) is 4.51. The summed E-state index contributed by atoms with van der Waals surface area (Å²) in [5.74, 6) is -0.0873. The van der Waals surface area contributed by atoms with Crippen molar-refractivity contribution in [1.29, 1.82) is 0 Å². The van der Waals surface area contributed by atoms with Gasteiger partial charge in [-0.2, -0.15) is 0 Å². The molecule has 0 bridgehead atoms. The molecule has 1 fully saturated rings. The number of pyridine rings is 1. The van der Waals surface area contributed by atoms with Crippen LogP contribution in [0.25, 0.3) is 0 Å². The number of nitrogens with zero attached hydrogens (tertiary/aromatic N) is 4. The predicted molar refractivity (Wildman–Crippen MR) is 133 cm³/mol. The number of sulfonamides is 1.